The van der Waals surface area contributed by atoms with E-state index in [4.69, 9.17) is 0 Å². The number of hydrogen-bond acceptors (Lipinski definition) is 0. The summed E-state index contributed by atoms with van der Waals surface area (Å²) in [5.74, 6) is 0. The number of halogens is 1. The minimum atomic E-state index is 0.321. The first-order valence-electron chi connectivity index (χ1n) is 3.78. The molecule has 0 N–H and O–H groups in total. The van der Waals surface area contributed by atoms with Crippen LogP contribution in [0.3, 0.4) is 0 Å². The lowest BCUT2D eigenvalue weighted by Crippen LogP contribution is -2.18. The summed E-state index contributed by atoms with van der Waals surface area (Å²) in [5, 5.41) is 0. The molecule has 0 aliphatic carbocycles. The molecule has 0 saturated heterocycles. The Kier molecular flexibility index (Phi) is 2.93. The maximum Gasteiger partial charge on any atom is 0.00872 e. The van der Waals surface area contributed by atoms with Crippen LogP contribution in [-0.4, -0.2) is 4.43 Å². The third-order valence-corrected chi connectivity index (χ3v) is 3.80. The van der Waals surface area contributed by atoms with E-state index in [0.717, 1.165) is 4.43 Å². The molecule has 0 spiro atoms. The van der Waals surface area contributed by atoms with Crippen LogP contribution in [0.5, 0.6) is 0 Å². The molecular formula is C10H13I. The van der Waals surface area contributed by atoms with Gasteiger partial charge in [-0.05, 0) is 11.0 Å². The second-order valence-corrected chi connectivity index (χ2v) is 4.15. The van der Waals surface area contributed by atoms with Crippen LogP contribution in [0.25, 0.3) is 0 Å². The predicted molar refractivity (Wildman–Crippen MR) is 58.4 cm³/mol. The summed E-state index contributed by atoms with van der Waals surface area (Å²) in [4.78, 5) is 0. The summed E-state index contributed by atoms with van der Waals surface area (Å²) in [5.41, 5.74) is 1.75. The fourth-order valence-electron chi connectivity index (χ4n) is 0.966. The van der Waals surface area contributed by atoms with Gasteiger partial charge in [-0.3, -0.25) is 0 Å². The molecule has 0 nitrogen and oxygen atoms in total. The van der Waals surface area contributed by atoms with E-state index in [-0.39, 0.29) is 0 Å². The van der Waals surface area contributed by atoms with Crippen molar-refractivity contribution in [1.29, 1.82) is 0 Å². The van der Waals surface area contributed by atoms with E-state index in [0.29, 0.717) is 5.41 Å². The lowest BCUT2D eigenvalue weighted by Gasteiger charge is -2.21. The first-order valence-corrected chi connectivity index (χ1v) is 5.31. The summed E-state index contributed by atoms with van der Waals surface area (Å²) in [7, 11) is 0. The van der Waals surface area contributed by atoms with Gasteiger partial charge in [0, 0.05) is 4.43 Å². The SMILES string of the molecule is CC(C)(CI)c1ccccc1. The Bertz CT molecular complexity index is 214. The van der Waals surface area contributed by atoms with Gasteiger partial charge in [0.1, 0.15) is 0 Å². The van der Waals surface area contributed by atoms with E-state index in [1.54, 1.807) is 0 Å². The van der Waals surface area contributed by atoms with Crippen molar-refractivity contribution in [2.24, 2.45) is 0 Å². The predicted octanol–water partition coefficient (Wildman–Crippen LogP) is 3.40. The van der Waals surface area contributed by atoms with Crippen molar-refractivity contribution in [3.8, 4) is 0 Å². The normalized spacial score (nSPS) is 11.5. The highest BCUT2D eigenvalue weighted by molar-refractivity contribution is 14.1. The zero-order chi connectivity index (χ0) is 8.32. The zero-order valence-corrected chi connectivity index (χ0v) is 9.13. The quantitative estimate of drug-likeness (QED) is 0.564. The smallest absolute Gasteiger partial charge is 0.00872 e. The monoisotopic (exact) mass is 260 g/mol. The first kappa shape index (κ1) is 9.04. The van der Waals surface area contributed by atoms with Gasteiger partial charge in [0.2, 0.25) is 0 Å². The molecule has 0 unspecified atom stereocenters. The van der Waals surface area contributed by atoms with Crippen molar-refractivity contribution in [2.75, 3.05) is 4.43 Å². The van der Waals surface area contributed by atoms with Gasteiger partial charge in [-0.25, -0.2) is 0 Å². The highest BCUT2D eigenvalue weighted by Gasteiger charge is 2.17. The molecule has 0 fully saturated rings. The lowest BCUT2D eigenvalue weighted by molar-refractivity contribution is 0.612. The van der Waals surface area contributed by atoms with Crippen molar-refractivity contribution >= 4 is 22.6 Å². The number of rotatable bonds is 2. The van der Waals surface area contributed by atoms with E-state index in [1.165, 1.54) is 5.56 Å². The summed E-state index contributed by atoms with van der Waals surface area (Å²) < 4.78 is 1.16. The molecule has 1 rings (SSSR count). The summed E-state index contributed by atoms with van der Waals surface area (Å²) >= 11 is 2.43. The lowest BCUT2D eigenvalue weighted by atomic mass is 9.87. The Morgan fingerprint density at radius 1 is 1.18 bits per heavy atom. The average Bonchev–Trinajstić information content (AvgIpc) is 2.06. The molecule has 0 amide bonds. The van der Waals surface area contributed by atoms with Crippen LogP contribution in [0.1, 0.15) is 19.4 Å². The van der Waals surface area contributed by atoms with Gasteiger partial charge in [0.15, 0.2) is 0 Å². The van der Waals surface area contributed by atoms with Crippen LogP contribution >= 0.6 is 22.6 Å². The van der Waals surface area contributed by atoms with Crippen molar-refractivity contribution in [1.82, 2.24) is 0 Å². The van der Waals surface area contributed by atoms with Gasteiger partial charge in [-0.1, -0.05) is 66.8 Å². The molecule has 1 heteroatoms. The second kappa shape index (κ2) is 3.57. The van der Waals surface area contributed by atoms with E-state index >= 15 is 0 Å². The highest BCUT2D eigenvalue weighted by atomic mass is 127. The van der Waals surface area contributed by atoms with Gasteiger partial charge in [0.25, 0.3) is 0 Å². The molecule has 11 heavy (non-hydrogen) atoms. The molecule has 0 atom stereocenters. The van der Waals surface area contributed by atoms with Crippen molar-refractivity contribution in [3.63, 3.8) is 0 Å². The molecule has 0 saturated carbocycles. The van der Waals surface area contributed by atoms with Crippen LogP contribution in [-0.2, 0) is 5.41 Å². The molecule has 0 aliphatic heterocycles. The van der Waals surface area contributed by atoms with Gasteiger partial charge >= 0.3 is 0 Å². The molecular weight excluding hydrogens is 247 g/mol. The second-order valence-electron chi connectivity index (χ2n) is 3.38. The minimum Gasteiger partial charge on any atom is -0.0854 e. The zero-order valence-electron chi connectivity index (χ0n) is 6.97. The minimum absolute atomic E-state index is 0.321. The van der Waals surface area contributed by atoms with E-state index in [1.807, 2.05) is 0 Å². The van der Waals surface area contributed by atoms with Gasteiger partial charge in [-0.2, -0.15) is 0 Å². The number of alkyl halides is 1. The Balaban J connectivity index is 2.93. The van der Waals surface area contributed by atoms with Crippen molar-refractivity contribution < 1.29 is 0 Å². The molecule has 0 aliphatic rings. The molecule has 1 aromatic rings. The maximum absolute atomic E-state index is 2.43. The fraction of sp³-hybridized carbons (Fsp3) is 0.400. The Morgan fingerprint density at radius 3 is 2.18 bits per heavy atom. The molecule has 0 aromatic heterocycles. The van der Waals surface area contributed by atoms with Gasteiger partial charge in [-0.15, -0.1) is 0 Å². The summed E-state index contributed by atoms with van der Waals surface area (Å²) in [6, 6.07) is 10.6. The van der Waals surface area contributed by atoms with Gasteiger partial charge < -0.3 is 0 Å². The molecule has 0 heterocycles. The molecule has 0 bridgehead atoms. The van der Waals surface area contributed by atoms with E-state index in [9.17, 15) is 0 Å². The van der Waals surface area contributed by atoms with Crippen LogP contribution in [0.4, 0.5) is 0 Å². The Labute approximate surface area is 82.2 Å². The fourth-order valence-corrected chi connectivity index (χ4v) is 1.41. The molecule has 0 radical (unpaired) electrons. The topological polar surface area (TPSA) is 0 Å². The first-order chi connectivity index (χ1) is 5.17. The average molecular weight is 260 g/mol. The van der Waals surface area contributed by atoms with Crippen LogP contribution in [0, 0.1) is 0 Å². The third kappa shape index (κ3) is 2.19. The molecule has 60 valence electrons. The van der Waals surface area contributed by atoms with Crippen molar-refractivity contribution in [2.45, 2.75) is 19.3 Å². The number of hydrogen-bond donors (Lipinski definition) is 0. The molecule has 1 aromatic carbocycles. The Morgan fingerprint density at radius 2 is 1.73 bits per heavy atom. The van der Waals surface area contributed by atoms with Gasteiger partial charge in [0.05, 0.1) is 0 Å². The van der Waals surface area contributed by atoms with Crippen LogP contribution in [0.2, 0.25) is 0 Å². The number of benzene rings is 1. The van der Waals surface area contributed by atoms with Crippen molar-refractivity contribution in [3.05, 3.63) is 35.9 Å². The van der Waals surface area contributed by atoms with E-state index in [2.05, 4.69) is 66.8 Å². The largest absolute Gasteiger partial charge is 0.0854 e. The maximum atomic E-state index is 2.43. The standard InChI is InChI=1S/C10H13I/c1-10(2,8-11)9-6-4-3-5-7-9/h3-7H,8H2,1-2H3. The summed E-state index contributed by atoms with van der Waals surface area (Å²) in [6.45, 7) is 4.55. The van der Waals surface area contributed by atoms with E-state index < -0.39 is 0 Å². The summed E-state index contributed by atoms with van der Waals surface area (Å²) in [6.07, 6.45) is 0. The van der Waals surface area contributed by atoms with Crippen LogP contribution < -0.4 is 0 Å². The third-order valence-electron chi connectivity index (χ3n) is 1.89. The highest BCUT2D eigenvalue weighted by Crippen LogP contribution is 2.24. The van der Waals surface area contributed by atoms with Crippen LogP contribution in [0.15, 0.2) is 30.3 Å². The Hall–Kier alpha value is -0.0500.